The molecule has 0 aromatic carbocycles. The van der Waals surface area contributed by atoms with E-state index in [1.807, 2.05) is 6.07 Å². The molecule has 0 saturated heterocycles. The van der Waals surface area contributed by atoms with Crippen molar-refractivity contribution >= 4 is 35.7 Å². The summed E-state index contributed by atoms with van der Waals surface area (Å²) in [6, 6.07) is 6.29. The zero-order valence-corrected chi connectivity index (χ0v) is 13.9. The van der Waals surface area contributed by atoms with Gasteiger partial charge in [0.15, 0.2) is 17.2 Å². The average Bonchev–Trinajstić information content (AvgIpc) is 2.87. The van der Waals surface area contributed by atoms with Crippen molar-refractivity contribution < 1.29 is 8.98 Å². The Labute approximate surface area is 135 Å². The molecule has 0 spiro atoms. The number of hydrogen-bond donors (Lipinski definition) is 0. The zero-order chi connectivity index (χ0) is 16.1. The predicted octanol–water partition coefficient (Wildman–Crippen LogP) is 0.171. The molecule has 1 aliphatic rings. The van der Waals surface area contributed by atoms with Crippen LogP contribution in [0.2, 0.25) is 0 Å². The Kier molecular flexibility index (Phi) is 3.05. The molecule has 5 heteroatoms. The van der Waals surface area contributed by atoms with E-state index < -0.39 is 0 Å². The first kappa shape index (κ1) is 14.1. The molecular weight excluding hydrogens is 285 g/mol. The number of rotatable bonds is 1. The van der Waals surface area contributed by atoms with Crippen LogP contribution >= 0.6 is 0 Å². The number of aryl methyl sites for hydroxylation is 3. The average molecular weight is 304 g/mol. The second kappa shape index (κ2) is 4.98. The van der Waals surface area contributed by atoms with Crippen LogP contribution in [0.5, 0.6) is 0 Å². The maximum absolute atomic E-state index is 5.87. The highest BCUT2D eigenvalue weighted by atomic mass is 16.3. The van der Waals surface area contributed by atoms with Crippen molar-refractivity contribution in [2.45, 2.75) is 13.8 Å². The summed E-state index contributed by atoms with van der Waals surface area (Å²) >= 11 is 0. The lowest BCUT2D eigenvalue weighted by Gasteiger charge is -2.21. The summed E-state index contributed by atoms with van der Waals surface area (Å²) in [6.45, 7) is 4.48. The van der Waals surface area contributed by atoms with E-state index >= 15 is 0 Å². The Hall–Kier alpha value is -2.56. The summed E-state index contributed by atoms with van der Waals surface area (Å²) in [5.74, 6) is 2.27. The highest BCUT2D eigenvalue weighted by Crippen LogP contribution is 2.08. The fraction of sp³-hybridized carbons (Fsp3) is 0.222. The molecule has 0 amide bonds. The fourth-order valence-electron chi connectivity index (χ4n) is 3.27. The lowest BCUT2D eigenvalue weighted by atomic mass is 9.55. The lowest BCUT2D eigenvalue weighted by molar-refractivity contribution is -0.654. The Balaban J connectivity index is 1.97. The molecule has 4 nitrogen and oxygen atoms in total. The Morgan fingerprint density at radius 1 is 1.26 bits per heavy atom. The molecule has 0 radical (unpaired) electrons. The van der Waals surface area contributed by atoms with E-state index in [-0.39, 0.29) is 6.85 Å². The smallest absolute Gasteiger partial charge is 0.396 e. The van der Waals surface area contributed by atoms with E-state index in [9.17, 15) is 0 Å². The highest BCUT2D eigenvalue weighted by Gasteiger charge is 2.30. The van der Waals surface area contributed by atoms with Crippen molar-refractivity contribution in [1.29, 1.82) is 0 Å². The molecule has 0 aliphatic carbocycles. The standard InChI is InChI=1S/C18H19BN3O/c1-12-8-17(21(3)10-13(12)2)19-9-15-14-6-5-7-20-18(14)23-16(15)11-22(19)4/h5-11H,1-4H3/q+1. The number of fused-ring (bicyclic) bond motifs is 3. The maximum atomic E-state index is 5.87. The maximum Gasteiger partial charge on any atom is 0.396 e. The number of pyridine rings is 2. The zero-order valence-electron chi connectivity index (χ0n) is 13.9. The predicted molar refractivity (Wildman–Crippen MR) is 92.4 cm³/mol. The lowest BCUT2D eigenvalue weighted by Crippen LogP contribution is -2.61. The minimum Gasteiger partial charge on any atom is -0.436 e. The van der Waals surface area contributed by atoms with E-state index in [1.54, 1.807) is 6.20 Å². The van der Waals surface area contributed by atoms with Gasteiger partial charge in [-0.25, -0.2) is 9.55 Å². The second-order valence-electron chi connectivity index (χ2n) is 6.32. The molecule has 0 N–H and O–H groups in total. The van der Waals surface area contributed by atoms with Gasteiger partial charge in [-0.3, -0.25) is 0 Å². The van der Waals surface area contributed by atoms with Crippen LogP contribution in [0.3, 0.4) is 0 Å². The number of aromatic nitrogens is 2. The van der Waals surface area contributed by atoms with Gasteiger partial charge in [0, 0.05) is 34.6 Å². The van der Waals surface area contributed by atoms with Gasteiger partial charge in [-0.2, -0.15) is 0 Å². The first-order chi connectivity index (χ1) is 11.0. The minimum atomic E-state index is 0.174. The van der Waals surface area contributed by atoms with Crippen LogP contribution in [-0.4, -0.2) is 23.7 Å². The van der Waals surface area contributed by atoms with Crippen molar-refractivity contribution in [3.63, 3.8) is 0 Å². The summed E-state index contributed by atoms with van der Waals surface area (Å²) in [7, 11) is 4.19. The summed E-state index contributed by atoms with van der Waals surface area (Å²) < 4.78 is 8.08. The summed E-state index contributed by atoms with van der Waals surface area (Å²) in [6.07, 6.45) is 6.02. The van der Waals surface area contributed by atoms with Gasteiger partial charge in [0.2, 0.25) is 5.71 Å². The van der Waals surface area contributed by atoms with Crippen LogP contribution in [0.4, 0.5) is 0 Å². The molecule has 0 unspecified atom stereocenters. The molecule has 4 rings (SSSR count). The number of hydrogen-bond acceptors (Lipinski definition) is 3. The Bertz CT molecular complexity index is 1040. The molecule has 0 fully saturated rings. The molecule has 3 aromatic rings. The molecule has 1 aliphatic heterocycles. The Morgan fingerprint density at radius 2 is 2.09 bits per heavy atom. The van der Waals surface area contributed by atoms with Crippen molar-refractivity contribution in [2.75, 3.05) is 7.05 Å². The fourth-order valence-corrected chi connectivity index (χ4v) is 3.27. The van der Waals surface area contributed by atoms with E-state index in [2.05, 4.69) is 72.8 Å². The van der Waals surface area contributed by atoms with Crippen molar-refractivity contribution in [1.82, 2.24) is 9.79 Å². The quantitative estimate of drug-likeness (QED) is 0.475. The topological polar surface area (TPSA) is 33.2 Å². The van der Waals surface area contributed by atoms with Crippen LogP contribution < -0.4 is 20.8 Å². The highest BCUT2D eigenvalue weighted by molar-refractivity contribution is 6.82. The molecule has 3 aromatic heterocycles. The van der Waals surface area contributed by atoms with Crippen LogP contribution in [0.15, 0.2) is 35.0 Å². The SMILES string of the molecule is Cc1cc(B2C=c3c(oc4ncccc34)=CN2C)[n+](C)cc1C. The molecule has 23 heavy (non-hydrogen) atoms. The van der Waals surface area contributed by atoms with Gasteiger partial charge in [-0.05, 0) is 38.6 Å². The van der Waals surface area contributed by atoms with Gasteiger partial charge < -0.3 is 9.23 Å². The van der Waals surface area contributed by atoms with Crippen molar-refractivity contribution in [3.8, 4) is 0 Å². The van der Waals surface area contributed by atoms with Gasteiger partial charge in [0.25, 0.3) is 0 Å². The van der Waals surface area contributed by atoms with Crippen molar-refractivity contribution in [2.24, 2.45) is 7.05 Å². The molecule has 0 saturated carbocycles. The molecule has 114 valence electrons. The van der Waals surface area contributed by atoms with Gasteiger partial charge in [0.1, 0.15) is 7.05 Å². The van der Waals surface area contributed by atoms with Crippen LogP contribution in [0.25, 0.3) is 23.3 Å². The second-order valence-corrected chi connectivity index (χ2v) is 6.32. The van der Waals surface area contributed by atoms with E-state index in [0.29, 0.717) is 5.71 Å². The van der Waals surface area contributed by atoms with Gasteiger partial charge in [0.05, 0.1) is 0 Å². The normalized spacial score (nSPS) is 13.7. The van der Waals surface area contributed by atoms with Gasteiger partial charge in [-0.15, -0.1) is 0 Å². The summed E-state index contributed by atoms with van der Waals surface area (Å²) in [5.41, 5.74) is 5.45. The van der Waals surface area contributed by atoms with Crippen molar-refractivity contribution in [3.05, 3.63) is 52.4 Å². The van der Waals surface area contributed by atoms with E-state index in [4.69, 9.17) is 4.42 Å². The molecule has 0 bridgehead atoms. The molecule has 0 atom stereocenters. The summed E-state index contributed by atoms with van der Waals surface area (Å²) in [4.78, 5) is 6.51. The molecular formula is C18H19BN3O+. The van der Waals surface area contributed by atoms with Crippen LogP contribution in [0.1, 0.15) is 11.1 Å². The third-order valence-electron chi connectivity index (χ3n) is 4.70. The third kappa shape index (κ3) is 2.15. The number of furan rings is 1. The molecule has 4 heterocycles. The van der Waals surface area contributed by atoms with E-state index in [1.165, 1.54) is 16.7 Å². The minimum absolute atomic E-state index is 0.174. The monoisotopic (exact) mass is 304 g/mol. The Morgan fingerprint density at radius 3 is 2.91 bits per heavy atom. The summed E-state index contributed by atoms with van der Waals surface area (Å²) in [5, 5.41) is 2.21. The van der Waals surface area contributed by atoms with E-state index in [0.717, 1.165) is 16.0 Å². The van der Waals surface area contributed by atoms with Crippen LogP contribution in [-0.2, 0) is 7.05 Å². The first-order valence-electron chi connectivity index (χ1n) is 7.80. The third-order valence-corrected chi connectivity index (χ3v) is 4.70. The van der Waals surface area contributed by atoms with Gasteiger partial charge in [-0.1, -0.05) is 5.98 Å². The van der Waals surface area contributed by atoms with Gasteiger partial charge >= 0.3 is 6.85 Å². The first-order valence-corrected chi connectivity index (χ1v) is 7.80. The number of nitrogens with zero attached hydrogens (tertiary/aromatic N) is 3. The largest absolute Gasteiger partial charge is 0.436 e. The van der Waals surface area contributed by atoms with Crippen LogP contribution in [0, 0.1) is 13.8 Å².